The van der Waals surface area contributed by atoms with Crippen molar-refractivity contribution in [3.05, 3.63) is 41.2 Å². The molecule has 0 radical (unpaired) electrons. The topological polar surface area (TPSA) is 82.4 Å². The molecular weight excluding hydrogens is 272 g/mol. The molecule has 0 bridgehead atoms. The minimum atomic E-state index is -0.00427. The van der Waals surface area contributed by atoms with E-state index in [0.29, 0.717) is 16.3 Å². The predicted octanol–water partition coefficient (Wildman–Crippen LogP) is 2.77. The fourth-order valence-electron chi connectivity index (χ4n) is 1.52. The number of nitriles is 1. The maximum absolute atomic E-state index is 12.0. The largest absolute Gasteiger partial charge is 0.293 e. The molecule has 0 unspecified atom stereocenters. The second-order valence-electron chi connectivity index (χ2n) is 4.56. The van der Waals surface area contributed by atoms with Gasteiger partial charge in [0.2, 0.25) is 5.16 Å². The van der Waals surface area contributed by atoms with Gasteiger partial charge >= 0.3 is 0 Å². The number of nitrogens with zero attached hydrogens (tertiary/aromatic N) is 3. The standard InChI is InChI=1S/C14H14N4OS/c1-9(2)13-16-14(18-17-13)20-8-12(19)11-5-3-10(7-15)4-6-11/h3-6,9H,8H2,1-2H3,(H,16,17,18). The lowest BCUT2D eigenvalue weighted by Gasteiger charge is -1.99. The van der Waals surface area contributed by atoms with E-state index in [0.717, 1.165) is 5.82 Å². The number of hydrogen-bond donors (Lipinski definition) is 1. The van der Waals surface area contributed by atoms with Gasteiger partial charge < -0.3 is 0 Å². The van der Waals surface area contributed by atoms with E-state index in [9.17, 15) is 4.79 Å². The third kappa shape index (κ3) is 3.45. The van der Waals surface area contributed by atoms with Crippen LogP contribution < -0.4 is 0 Å². The quantitative estimate of drug-likeness (QED) is 0.675. The summed E-state index contributed by atoms with van der Waals surface area (Å²) in [5.41, 5.74) is 1.14. The van der Waals surface area contributed by atoms with Crippen molar-refractivity contribution < 1.29 is 4.79 Å². The van der Waals surface area contributed by atoms with Gasteiger partial charge in [-0.15, -0.1) is 5.10 Å². The first-order valence-electron chi connectivity index (χ1n) is 6.18. The second kappa shape index (κ2) is 6.35. The first-order chi connectivity index (χ1) is 9.60. The molecular formula is C14H14N4OS. The number of aromatic nitrogens is 3. The van der Waals surface area contributed by atoms with Gasteiger partial charge in [-0.05, 0) is 12.1 Å². The Morgan fingerprint density at radius 1 is 1.40 bits per heavy atom. The first-order valence-corrected chi connectivity index (χ1v) is 7.17. The van der Waals surface area contributed by atoms with Crippen LogP contribution in [0.5, 0.6) is 0 Å². The summed E-state index contributed by atoms with van der Waals surface area (Å²) in [7, 11) is 0. The maximum Gasteiger partial charge on any atom is 0.208 e. The van der Waals surface area contributed by atoms with Gasteiger partial charge in [-0.2, -0.15) is 5.26 Å². The van der Waals surface area contributed by atoms with Gasteiger partial charge in [-0.25, -0.2) is 4.98 Å². The molecule has 0 fully saturated rings. The molecule has 0 aliphatic heterocycles. The maximum atomic E-state index is 12.0. The Morgan fingerprint density at radius 3 is 2.65 bits per heavy atom. The number of aromatic amines is 1. The molecule has 2 rings (SSSR count). The zero-order chi connectivity index (χ0) is 14.5. The number of benzene rings is 1. The zero-order valence-electron chi connectivity index (χ0n) is 11.3. The molecule has 0 saturated carbocycles. The highest BCUT2D eigenvalue weighted by atomic mass is 32.2. The molecule has 1 aromatic heterocycles. The summed E-state index contributed by atoms with van der Waals surface area (Å²) in [5, 5.41) is 16.2. The normalized spacial score (nSPS) is 10.5. The van der Waals surface area contributed by atoms with Gasteiger partial charge in [0.1, 0.15) is 5.82 Å². The Kier molecular flexibility index (Phi) is 4.53. The van der Waals surface area contributed by atoms with Gasteiger partial charge in [-0.1, -0.05) is 37.7 Å². The monoisotopic (exact) mass is 286 g/mol. The third-order valence-electron chi connectivity index (χ3n) is 2.70. The number of nitrogens with one attached hydrogen (secondary N) is 1. The lowest BCUT2D eigenvalue weighted by atomic mass is 10.1. The molecule has 20 heavy (non-hydrogen) atoms. The SMILES string of the molecule is CC(C)c1nc(SCC(=O)c2ccc(C#N)cc2)n[nH]1. The first kappa shape index (κ1) is 14.3. The summed E-state index contributed by atoms with van der Waals surface area (Å²) < 4.78 is 0. The second-order valence-corrected chi connectivity index (χ2v) is 5.50. The van der Waals surface area contributed by atoms with E-state index < -0.39 is 0 Å². The van der Waals surface area contributed by atoms with Gasteiger partial charge in [0.25, 0.3) is 0 Å². The van der Waals surface area contributed by atoms with Crippen LogP contribution >= 0.6 is 11.8 Å². The molecule has 1 N–H and O–H groups in total. The predicted molar refractivity (Wildman–Crippen MR) is 76.7 cm³/mol. The number of carbonyl (C=O) groups is 1. The number of hydrogen-bond acceptors (Lipinski definition) is 5. The lowest BCUT2D eigenvalue weighted by molar-refractivity contribution is 0.102. The molecule has 2 aromatic rings. The summed E-state index contributed by atoms with van der Waals surface area (Å²) >= 11 is 1.30. The van der Waals surface area contributed by atoms with Crippen LogP contribution in [0.25, 0.3) is 0 Å². The van der Waals surface area contributed by atoms with Crippen LogP contribution in [0.3, 0.4) is 0 Å². The molecule has 0 aliphatic rings. The van der Waals surface area contributed by atoms with Crippen LogP contribution in [0.1, 0.15) is 41.5 Å². The Morgan fingerprint density at radius 2 is 2.10 bits per heavy atom. The lowest BCUT2D eigenvalue weighted by Crippen LogP contribution is -2.02. The number of ketones is 1. The number of rotatable bonds is 5. The molecule has 0 spiro atoms. The number of Topliss-reactive ketones (excluding diaryl/α,β-unsaturated/α-hetero) is 1. The Labute approximate surface area is 121 Å². The molecule has 5 nitrogen and oxygen atoms in total. The molecule has 0 saturated heterocycles. The molecule has 0 amide bonds. The summed E-state index contributed by atoms with van der Waals surface area (Å²) in [6.07, 6.45) is 0. The molecule has 0 atom stereocenters. The number of H-pyrrole nitrogens is 1. The molecule has 1 aromatic carbocycles. The minimum absolute atomic E-state index is 0.00427. The van der Waals surface area contributed by atoms with E-state index in [1.807, 2.05) is 19.9 Å². The highest BCUT2D eigenvalue weighted by molar-refractivity contribution is 7.99. The molecule has 0 aliphatic carbocycles. The smallest absolute Gasteiger partial charge is 0.208 e. The summed E-state index contributed by atoms with van der Waals surface area (Å²) in [6.45, 7) is 4.05. The van der Waals surface area contributed by atoms with Crippen LogP contribution in [-0.2, 0) is 0 Å². The number of thioether (sulfide) groups is 1. The number of carbonyl (C=O) groups excluding carboxylic acids is 1. The van der Waals surface area contributed by atoms with E-state index in [2.05, 4.69) is 15.2 Å². The van der Waals surface area contributed by atoms with Crippen LogP contribution in [0.15, 0.2) is 29.4 Å². The third-order valence-corrected chi connectivity index (χ3v) is 3.54. The van der Waals surface area contributed by atoms with E-state index in [1.54, 1.807) is 24.3 Å². The van der Waals surface area contributed by atoms with Gasteiger partial charge in [0.05, 0.1) is 17.4 Å². The highest BCUT2D eigenvalue weighted by Gasteiger charge is 2.11. The Bertz CT molecular complexity index is 640. The van der Waals surface area contributed by atoms with Gasteiger partial charge in [0, 0.05) is 11.5 Å². The molecule has 6 heteroatoms. The van der Waals surface area contributed by atoms with Crippen molar-refractivity contribution in [1.29, 1.82) is 5.26 Å². The van der Waals surface area contributed by atoms with Crippen molar-refractivity contribution >= 4 is 17.5 Å². The zero-order valence-corrected chi connectivity index (χ0v) is 12.1. The Hall–Kier alpha value is -2.13. The summed E-state index contributed by atoms with van der Waals surface area (Å²) in [4.78, 5) is 16.3. The Balaban J connectivity index is 1.95. The van der Waals surface area contributed by atoms with Crippen LogP contribution in [-0.4, -0.2) is 26.7 Å². The van der Waals surface area contributed by atoms with Crippen LogP contribution in [0, 0.1) is 11.3 Å². The average Bonchev–Trinajstić information content (AvgIpc) is 2.94. The van der Waals surface area contributed by atoms with Gasteiger partial charge in [-0.3, -0.25) is 9.89 Å². The summed E-state index contributed by atoms with van der Waals surface area (Å²) in [6, 6.07) is 8.64. The summed E-state index contributed by atoms with van der Waals surface area (Å²) in [5.74, 6) is 1.38. The van der Waals surface area contributed by atoms with Crippen molar-refractivity contribution in [2.75, 3.05) is 5.75 Å². The van der Waals surface area contributed by atoms with E-state index in [1.165, 1.54) is 11.8 Å². The van der Waals surface area contributed by atoms with E-state index in [-0.39, 0.29) is 17.5 Å². The minimum Gasteiger partial charge on any atom is -0.293 e. The van der Waals surface area contributed by atoms with Gasteiger partial charge in [0.15, 0.2) is 5.78 Å². The van der Waals surface area contributed by atoms with Crippen LogP contribution in [0.4, 0.5) is 0 Å². The van der Waals surface area contributed by atoms with E-state index in [4.69, 9.17) is 5.26 Å². The van der Waals surface area contributed by atoms with E-state index >= 15 is 0 Å². The van der Waals surface area contributed by atoms with Crippen molar-refractivity contribution in [3.8, 4) is 6.07 Å². The molecule has 1 heterocycles. The fourth-order valence-corrected chi connectivity index (χ4v) is 2.22. The van der Waals surface area contributed by atoms with Crippen molar-refractivity contribution in [2.45, 2.75) is 24.9 Å². The van der Waals surface area contributed by atoms with Crippen molar-refractivity contribution in [3.63, 3.8) is 0 Å². The van der Waals surface area contributed by atoms with Crippen molar-refractivity contribution in [2.24, 2.45) is 0 Å². The molecule has 102 valence electrons. The average molecular weight is 286 g/mol. The fraction of sp³-hybridized carbons (Fsp3) is 0.286. The van der Waals surface area contributed by atoms with Crippen molar-refractivity contribution in [1.82, 2.24) is 15.2 Å². The van der Waals surface area contributed by atoms with Crippen LogP contribution in [0.2, 0.25) is 0 Å². The highest BCUT2D eigenvalue weighted by Crippen LogP contribution is 2.17.